The van der Waals surface area contributed by atoms with Crippen molar-refractivity contribution in [3.05, 3.63) is 63.3 Å². The van der Waals surface area contributed by atoms with Gasteiger partial charge in [0, 0.05) is 11.6 Å². The first-order valence-electron chi connectivity index (χ1n) is 6.88. The number of carbonyl (C=O) groups is 1. The molecule has 9 heteroatoms. The van der Waals surface area contributed by atoms with Gasteiger partial charge in [-0.1, -0.05) is 29.4 Å². The Morgan fingerprint density at radius 2 is 2.12 bits per heavy atom. The lowest BCUT2D eigenvalue weighted by atomic mass is 10.1. The summed E-state index contributed by atoms with van der Waals surface area (Å²) < 4.78 is 10.1. The molecular weight excluding hydrogens is 334 g/mol. The maximum atomic E-state index is 11.9. The zero-order valence-corrected chi connectivity index (χ0v) is 13.1. The van der Waals surface area contributed by atoms with Crippen LogP contribution in [0.25, 0.3) is 10.7 Å². The number of hydrogen-bond acceptors (Lipinski definition) is 8. The van der Waals surface area contributed by atoms with Crippen molar-refractivity contribution in [2.75, 3.05) is 0 Å². The lowest BCUT2D eigenvalue weighted by Crippen LogP contribution is -2.09. The summed E-state index contributed by atoms with van der Waals surface area (Å²) >= 11 is 1.46. The molecule has 0 atom stereocenters. The quantitative estimate of drug-likeness (QED) is 0.384. The van der Waals surface area contributed by atoms with Gasteiger partial charge >= 0.3 is 5.97 Å². The number of benzene rings is 1. The monoisotopic (exact) mass is 345 g/mol. The number of thiophene rings is 1. The smallest absolute Gasteiger partial charge is 0.311 e. The van der Waals surface area contributed by atoms with Crippen LogP contribution in [-0.2, 0) is 22.6 Å². The number of carbonyl (C=O) groups excluding carboxylic acids is 1. The standard InChI is InChI=1S/C15H11N3O5S/c19-14(8-10-4-1-2-5-11(10)18(20)21)22-9-13-16-15(17-23-13)12-6-3-7-24-12/h1-7H,8-9H2. The second-order valence-electron chi connectivity index (χ2n) is 4.71. The number of nitro groups is 1. The topological polar surface area (TPSA) is 108 Å². The van der Waals surface area contributed by atoms with Gasteiger partial charge in [0.2, 0.25) is 5.82 Å². The number of esters is 1. The van der Waals surface area contributed by atoms with Crippen LogP contribution >= 0.6 is 11.3 Å². The molecule has 0 fully saturated rings. The lowest BCUT2D eigenvalue weighted by molar-refractivity contribution is -0.385. The summed E-state index contributed by atoms with van der Waals surface area (Å²) in [5.41, 5.74) is 0.171. The Labute approximate surface area is 139 Å². The molecule has 24 heavy (non-hydrogen) atoms. The Bertz CT molecular complexity index is 860. The van der Waals surface area contributed by atoms with Crippen LogP contribution in [0.1, 0.15) is 11.5 Å². The van der Waals surface area contributed by atoms with Gasteiger partial charge in [0.15, 0.2) is 6.61 Å². The van der Waals surface area contributed by atoms with E-state index in [9.17, 15) is 14.9 Å². The van der Waals surface area contributed by atoms with Crippen LogP contribution in [0.15, 0.2) is 46.3 Å². The van der Waals surface area contributed by atoms with Crippen molar-refractivity contribution in [3.8, 4) is 10.7 Å². The number of ether oxygens (including phenoxy) is 1. The van der Waals surface area contributed by atoms with E-state index in [0.29, 0.717) is 5.82 Å². The molecule has 0 amide bonds. The fourth-order valence-electron chi connectivity index (χ4n) is 2.01. The van der Waals surface area contributed by atoms with E-state index in [-0.39, 0.29) is 30.2 Å². The van der Waals surface area contributed by atoms with Gasteiger partial charge in [0.05, 0.1) is 16.2 Å². The van der Waals surface area contributed by atoms with Crippen LogP contribution in [0, 0.1) is 10.1 Å². The zero-order chi connectivity index (χ0) is 16.9. The highest BCUT2D eigenvalue weighted by Crippen LogP contribution is 2.22. The predicted molar refractivity (Wildman–Crippen MR) is 84.2 cm³/mol. The lowest BCUT2D eigenvalue weighted by Gasteiger charge is -2.03. The SMILES string of the molecule is O=C(Cc1ccccc1[N+](=O)[O-])OCc1nc(-c2cccs2)no1. The van der Waals surface area contributed by atoms with E-state index in [4.69, 9.17) is 9.26 Å². The van der Waals surface area contributed by atoms with E-state index in [2.05, 4.69) is 10.1 Å². The molecule has 0 saturated carbocycles. The van der Waals surface area contributed by atoms with Gasteiger partial charge in [-0.15, -0.1) is 11.3 Å². The normalized spacial score (nSPS) is 10.5. The van der Waals surface area contributed by atoms with Gasteiger partial charge < -0.3 is 9.26 Å². The second kappa shape index (κ2) is 7.01. The Morgan fingerprint density at radius 1 is 1.29 bits per heavy atom. The van der Waals surface area contributed by atoms with E-state index in [1.165, 1.54) is 29.5 Å². The summed E-state index contributed by atoms with van der Waals surface area (Å²) in [6.45, 7) is -0.183. The fourth-order valence-corrected chi connectivity index (χ4v) is 2.66. The highest BCUT2D eigenvalue weighted by Gasteiger charge is 2.17. The third-order valence-corrected chi connectivity index (χ3v) is 3.96. The van der Waals surface area contributed by atoms with Crippen LogP contribution < -0.4 is 0 Å². The van der Waals surface area contributed by atoms with Crippen molar-refractivity contribution in [2.24, 2.45) is 0 Å². The average Bonchev–Trinajstić information content (AvgIpc) is 3.24. The summed E-state index contributed by atoms with van der Waals surface area (Å²) in [6, 6.07) is 9.73. The van der Waals surface area contributed by atoms with Gasteiger partial charge in [0.1, 0.15) is 0 Å². The first-order valence-corrected chi connectivity index (χ1v) is 7.76. The van der Waals surface area contributed by atoms with Crippen LogP contribution in [-0.4, -0.2) is 21.0 Å². The molecule has 0 N–H and O–H groups in total. The molecule has 0 aliphatic heterocycles. The third kappa shape index (κ3) is 3.63. The molecule has 0 radical (unpaired) electrons. The largest absolute Gasteiger partial charge is 0.455 e. The van der Waals surface area contributed by atoms with Crippen molar-refractivity contribution >= 4 is 23.0 Å². The number of rotatable bonds is 6. The first kappa shape index (κ1) is 15.8. The number of nitro benzene ring substituents is 1. The highest BCUT2D eigenvalue weighted by molar-refractivity contribution is 7.13. The minimum Gasteiger partial charge on any atom is -0.455 e. The molecular formula is C15H11N3O5S. The van der Waals surface area contributed by atoms with E-state index >= 15 is 0 Å². The van der Waals surface area contributed by atoms with Crippen LogP contribution in [0.3, 0.4) is 0 Å². The molecule has 0 spiro atoms. The van der Waals surface area contributed by atoms with Crippen LogP contribution in [0.2, 0.25) is 0 Å². The molecule has 3 rings (SSSR count). The molecule has 2 aromatic heterocycles. The Balaban J connectivity index is 1.59. The van der Waals surface area contributed by atoms with Crippen molar-refractivity contribution < 1.29 is 19.0 Å². The first-order chi connectivity index (χ1) is 11.6. The molecule has 0 unspecified atom stereocenters. The molecule has 0 bridgehead atoms. The molecule has 2 heterocycles. The van der Waals surface area contributed by atoms with Crippen molar-refractivity contribution in [2.45, 2.75) is 13.0 Å². The molecule has 3 aromatic rings. The molecule has 0 saturated heterocycles. The minimum atomic E-state index is -0.611. The van der Waals surface area contributed by atoms with Gasteiger partial charge in [-0.25, -0.2) is 0 Å². The Morgan fingerprint density at radius 3 is 2.88 bits per heavy atom. The van der Waals surface area contributed by atoms with E-state index < -0.39 is 10.9 Å². The minimum absolute atomic E-state index is 0.118. The van der Waals surface area contributed by atoms with Crippen LogP contribution in [0.4, 0.5) is 5.69 Å². The number of nitrogens with zero attached hydrogens (tertiary/aromatic N) is 3. The summed E-state index contributed by atoms with van der Waals surface area (Å²) in [4.78, 5) is 27.2. The third-order valence-electron chi connectivity index (χ3n) is 3.09. The van der Waals surface area contributed by atoms with Crippen molar-refractivity contribution in [3.63, 3.8) is 0 Å². The molecule has 1 aromatic carbocycles. The molecule has 122 valence electrons. The summed E-state index contributed by atoms with van der Waals surface area (Å²) in [6.07, 6.45) is -0.205. The Hall–Kier alpha value is -3.07. The van der Waals surface area contributed by atoms with Crippen LogP contribution in [0.5, 0.6) is 0 Å². The molecule has 0 aliphatic carbocycles. The number of aromatic nitrogens is 2. The van der Waals surface area contributed by atoms with Gasteiger partial charge in [-0.3, -0.25) is 14.9 Å². The van der Waals surface area contributed by atoms with E-state index in [0.717, 1.165) is 4.88 Å². The summed E-state index contributed by atoms with van der Waals surface area (Å²) in [5, 5.41) is 16.6. The average molecular weight is 345 g/mol. The van der Waals surface area contributed by atoms with Gasteiger partial charge in [-0.2, -0.15) is 4.98 Å². The maximum absolute atomic E-state index is 11.9. The van der Waals surface area contributed by atoms with Crippen molar-refractivity contribution in [1.29, 1.82) is 0 Å². The summed E-state index contributed by atoms with van der Waals surface area (Å²) in [7, 11) is 0. The van der Waals surface area contributed by atoms with Crippen molar-refractivity contribution in [1.82, 2.24) is 10.1 Å². The van der Waals surface area contributed by atoms with E-state index in [1.54, 1.807) is 6.07 Å². The van der Waals surface area contributed by atoms with Gasteiger partial charge in [0.25, 0.3) is 11.6 Å². The number of para-hydroxylation sites is 1. The highest BCUT2D eigenvalue weighted by atomic mass is 32.1. The van der Waals surface area contributed by atoms with E-state index in [1.807, 2.05) is 17.5 Å². The fraction of sp³-hybridized carbons (Fsp3) is 0.133. The Kier molecular flexibility index (Phi) is 4.62. The predicted octanol–water partition coefficient (Wildman–Crippen LogP) is 2.99. The van der Waals surface area contributed by atoms with Gasteiger partial charge in [-0.05, 0) is 11.4 Å². The second-order valence-corrected chi connectivity index (χ2v) is 5.66. The summed E-state index contributed by atoms with van der Waals surface area (Å²) in [5.74, 6) is -0.0239. The maximum Gasteiger partial charge on any atom is 0.311 e. The number of hydrogen-bond donors (Lipinski definition) is 0. The molecule has 8 nitrogen and oxygen atoms in total. The zero-order valence-electron chi connectivity index (χ0n) is 12.2. The molecule has 0 aliphatic rings.